The predicted octanol–water partition coefficient (Wildman–Crippen LogP) is 1.90. The van der Waals surface area contributed by atoms with Crippen LogP contribution in [0.2, 0.25) is 0 Å². The zero-order valence-electron chi connectivity index (χ0n) is 11.4. The number of nitrogens with zero attached hydrogens (tertiary/aromatic N) is 1. The van der Waals surface area contributed by atoms with E-state index in [0.717, 1.165) is 25.9 Å². The number of hydrogen-bond acceptors (Lipinski definition) is 4. The fraction of sp³-hybridized carbons (Fsp3) is 0.533. The molecule has 0 spiro atoms. The SMILES string of the molecule is O=C(/C=C/c1ccco1)N1CCC(C2OCCO2)CC1. The second kappa shape index (κ2) is 6.24. The standard InChI is InChI=1S/C15H19NO4/c17-14(4-3-13-2-1-9-18-13)16-7-5-12(6-8-16)15-19-10-11-20-15/h1-4,9,12,15H,5-8,10-11H2/b4-3+. The fourth-order valence-corrected chi connectivity index (χ4v) is 2.69. The van der Waals surface area contributed by atoms with Gasteiger partial charge in [-0.3, -0.25) is 4.79 Å². The molecule has 1 aromatic heterocycles. The highest BCUT2D eigenvalue weighted by atomic mass is 16.7. The summed E-state index contributed by atoms with van der Waals surface area (Å²) in [5.74, 6) is 1.14. The van der Waals surface area contributed by atoms with Gasteiger partial charge >= 0.3 is 0 Å². The summed E-state index contributed by atoms with van der Waals surface area (Å²) in [6.07, 6.45) is 6.68. The highest BCUT2D eigenvalue weighted by molar-refractivity contribution is 5.91. The van der Waals surface area contributed by atoms with Gasteiger partial charge in [-0.25, -0.2) is 0 Å². The van der Waals surface area contributed by atoms with Crippen molar-refractivity contribution in [3.8, 4) is 0 Å². The number of hydrogen-bond donors (Lipinski definition) is 0. The van der Waals surface area contributed by atoms with Gasteiger partial charge < -0.3 is 18.8 Å². The lowest BCUT2D eigenvalue weighted by molar-refractivity contribution is -0.131. The Bertz CT molecular complexity index is 454. The molecule has 0 bridgehead atoms. The molecule has 20 heavy (non-hydrogen) atoms. The second-order valence-corrected chi connectivity index (χ2v) is 5.12. The van der Waals surface area contributed by atoms with Crippen LogP contribution in [0.4, 0.5) is 0 Å². The first kappa shape index (κ1) is 13.4. The summed E-state index contributed by atoms with van der Waals surface area (Å²) in [6, 6.07) is 3.63. The van der Waals surface area contributed by atoms with Crippen molar-refractivity contribution in [3.05, 3.63) is 30.2 Å². The Morgan fingerprint density at radius 3 is 2.65 bits per heavy atom. The minimum Gasteiger partial charge on any atom is -0.465 e. The van der Waals surface area contributed by atoms with E-state index in [0.29, 0.717) is 24.9 Å². The first-order valence-corrected chi connectivity index (χ1v) is 7.06. The van der Waals surface area contributed by atoms with Crippen molar-refractivity contribution in [2.24, 2.45) is 5.92 Å². The highest BCUT2D eigenvalue weighted by Crippen LogP contribution is 2.25. The molecule has 3 heterocycles. The van der Waals surface area contributed by atoms with Crippen molar-refractivity contribution >= 4 is 12.0 Å². The number of likely N-dealkylation sites (tertiary alicyclic amines) is 1. The molecule has 0 atom stereocenters. The summed E-state index contributed by atoms with van der Waals surface area (Å²) in [7, 11) is 0. The summed E-state index contributed by atoms with van der Waals surface area (Å²) in [6.45, 7) is 2.90. The predicted molar refractivity (Wildman–Crippen MR) is 72.7 cm³/mol. The van der Waals surface area contributed by atoms with Crippen molar-refractivity contribution < 1.29 is 18.7 Å². The molecule has 5 heteroatoms. The van der Waals surface area contributed by atoms with Gasteiger partial charge in [0.2, 0.25) is 5.91 Å². The van der Waals surface area contributed by atoms with Crippen LogP contribution in [-0.2, 0) is 14.3 Å². The Morgan fingerprint density at radius 2 is 2.00 bits per heavy atom. The summed E-state index contributed by atoms with van der Waals surface area (Å²) in [5, 5.41) is 0. The van der Waals surface area contributed by atoms with Gasteiger partial charge in [0.05, 0.1) is 19.5 Å². The van der Waals surface area contributed by atoms with Crippen molar-refractivity contribution in [2.75, 3.05) is 26.3 Å². The zero-order chi connectivity index (χ0) is 13.8. The molecule has 1 aromatic rings. The maximum Gasteiger partial charge on any atom is 0.246 e. The first-order chi connectivity index (χ1) is 9.83. The van der Waals surface area contributed by atoms with E-state index in [1.54, 1.807) is 24.5 Å². The number of amides is 1. The number of carbonyl (C=O) groups excluding carboxylic acids is 1. The average molecular weight is 277 g/mol. The summed E-state index contributed by atoms with van der Waals surface area (Å²) in [5.41, 5.74) is 0. The Labute approximate surface area is 118 Å². The maximum absolute atomic E-state index is 12.1. The van der Waals surface area contributed by atoms with Gasteiger partial charge in [0.15, 0.2) is 6.29 Å². The van der Waals surface area contributed by atoms with Gasteiger partial charge in [-0.05, 0) is 31.1 Å². The molecule has 0 radical (unpaired) electrons. The Morgan fingerprint density at radius 1 is 1.25 bits per heavy atom. The van der Waals surface area contributed by atoms with Crippen molar-refractivity contribution in [1.82, 2.24) is 4.90 Å². The van der Waals surface area contributed by atoms with Gasteiger partial charge in [0, 0.05) is 25.1 Å². The zero-order valence-corrected chi connectivity index (χ0v) is 11.4. The third kappa shape index (κ3) is 3.11. The number of rotatable bonds is 3. The molecule has 108 valence electrons. The van der Waals surface area contributed by atoms with E-state index in [4.69, 9.17) is 13.9 Å². The van der Waals surface area contributed by atoms with E-state index in [2.05, 4.69) is 0 Å². The molecule has 3 rings (SSSR count). The van der Waals surface area contributed by atoms with Crippen LogP contribution in [0.15, 0.2) is 28.9 Å². The van der Waals surface area contributed by atoms with Crippen molar-refractivity contribution in [1.29, 1.82) is 0 Å². The van der Waals surface area contributed by atoms with E-state index in [9.17, 15) is 4.79 Å². The number of carbonyl (C=O) groups is 1. The molecule has 2 fully saturated rings. The van der Waals surface area contributed by atoms with E-state index in [1.807, 2.05) is 11.0 Å². The van der Waals surface area contributed by atoms with Crippen LogP contribution >= 0.6 is 0 Å². The van der Waals surface area contributed by atoms with E-state index < -0.39 is 0 Å². The molecule has 0 aliphatic carbocycles. The van der Waals surface area contributed by atoms with Crippen LogP contribution in [0.5, 0.6) is 0 Å². The monoisotopic (exact) mass is 277 g/mol. The summed E-state index contributed by atoms with van der Waals surface area (Å²) < 4.78 is 16.2. The summed E-state index contributed by atoms with van der Waals surface area (Å²) >= 11 is 0. The molecule has 0 unspecified atom stereocenters. The lowest BCUT2D eigenvalue weighted by Gasteiger charge is -2.33. The lowest BCUT2D eigenvalue weighted by Crippen LogP contribution is -2.40. The minimum atomic E-state index is -0.0640. The smallest absolute Gasteiger partial charge is 0.246 e. The molecule has 0 aromatic carbocycles. The normalized spacial score (nSPS) is 21.9. The third-order valence-corrected chi connectivity index (χ3v) is 3.82. The van der Waals surface area contributed by atoms with Gasteiger partial charge in [-0.15, -0.1) is 0 Å². The minimum absolute atomic E-state index is 0.0353. The number of ether oxygens (including phenoxy) is 2. The van der Waals surface area contributed by atoms with E-state index in [-0.39, 0.29) is 12.2 Å². The van der Waals surface area contributed by atoms with Crippen LogP contribution in [0.1, 0.15) is 18.6 Å². The maximum atomic E-state index is 12.1. The van der Waals surface area contributed by atoms with Gasteiger partial charge in [-0.1, -0.05) is 0 Å². The largest absolute Gasteiger partial charge is 0.465 e. The van der Waals surface area contributed by atoms with Crippen molar-refractivity contribution in [2.45, 2.75) is 19.1 Å². The van der Waals surface area contributed by atoms with Crippen LogP contribution in [0.25, 0.3) is 6.08 Å². The number of piperidine rings is 1. The van der Waals surface area contributed by atoms with Gasteiger partial charge in [-0.2, -0.15) is 0 Å². The molecular formula is C15H19NO4. The van der Waals surface area contributed by atoms with Crippen LogP contribution in [0, 0.1) is 5.92 Å². The molecule has 2 aliphatic heterocycles. The Hall–Kier alpha value is -1.59. The molecule has 5 nitrogen and oxygen atoms in total. The topological polar surface area (TPSA) is 51.9 Å². The highest BCUT2D eigenvalue weighted by Gasteiger charge is 2.31. The quantitative estimate of drug-likeness (QED) is 0.792. The fourth-order valence-electron chi connectivity index (χ4n) is 2.69. The summed E-state index contributed by atoms with van der Waals surface area (Å²) in [4.78, 5) is 13.9. The molecule has 2 saturated heterocycles. The molecule has 0 saturated carbocycles. The molecule has 1 amide bonds. The first-order valence-electron chi connectivity index (χ1n) is 7.06. The Balaban J connectivity index is 1.48. The van der Waals surface area contributed by atoms with E-state index in [1.165, 1.54) is 0 Å². The molecule has 0 N–H and O–H groups in total. The second-order valence-electron chi connectivity index (χ2n) is 5.12. The Kier molecular flexibility index (Phi) is 4.18. The third-order valence-electron chi connectivity index (χ3n) is 3.82. The van der Waals surface area contributed by atoms with Gasteiger partial charge in [0.1, 0.15) is 5.76 Å². The molecular weight excluding hydrogens is 258 g/mol. The van der Waals surface area contributed by atoms with Gasteiger partial charge in [0.25, 0.3) is 0 Å². The van der Waals surface area contributed by atoms with E-state index >= 15 is 0 Å². The average Bonchev–Trinajstić information content (AvgIpc) is 3.18. The van der Waals surface area contributed by atoms with Crippen molar-refractivity contribution in [3.63, 3.8) is 0 Å². The van der Waals surface area contributed by atoms with Crippen LogP contribution in [0.3, 0.4) is 0 Å². The lowest BCUT2D eigenvalue weighted by atomic mass is 9.96. The van der Waals surface area contributed by atoms with Crippen LogP contribution < -0.4 is 0 Å². The van der Waals surface area contributed by atoms with Crippen LogP contribution in [-0.4, -0.2) is 43.4 Å². The number of furan rings is 1. The molecule has 2 aliphatic rings.